The molecule has 3 unspecified atom stereocenters. The highest BCUT2D eigenvalue weighted by atomic mass is 16.7. The van der Waals surface area contributed by atoms with Gasteiger partial charge in [0.05, 0.1) is 50.1 Å². The maximum Gasteiger partial charge on any atom is 0.222 e. The SMILES string of the molecule is C/C=C\O[C@H]1O[C@H](COC)C(O)[C@H](OCC[C@@H](CCCCCCC)OC)[C@H]1N.C/C=C\O[C@H]1O[C@H](COC)C(O)[C@H](OCC[C@@H](CCCCCCC)OC)[C@H]1NC(=O)CCCCCCCCC/C=C\CCCCCC.CC1CCCO1. The van der Waals surface area contributed by atoms with Gasteiger partial charge in [-0.2, -0.15) is 0 Å². The average Bonchev–Trinajstić information content (AvgIpc) is 4.02. The molecule has 3 aliphatic rings. The molecule has 16 nitrogen and oxygen atoms in total. The first kappa shape index (κ1) is 76.8. The molecule has 0 aliphatic carbocycles. The lowest BCUT2D eigenvalue weighted by Gasteiger charge is -2.44. The van der Waals surface area contributed by atoms with Crippen LogP contribution in [0.3, 0.4) is 0 Å². The standard InChI is InChI=1S/C39H73NO7.C21H41NO6.C5H10O/c1-6-9-11-13-14-15-16-17-18-19-20-21-22-24-26-28-35(41)40-36-38(37(42)34(32-43-4)47-39(36)46-30-8-3)45-31-29-33(44-5)27-25-23-12-10-7-2;1-5-7-8-9-10-11-16(25-4)12-14-26-20-18(22)21(27-13-6-2)28-17(15-24-3)19(20)23;1-5-3-2-4-6-5/h8,15-16,30,33-34,36-39,42H,6-7,9-14,17-29,31-32H2,1-5H3,(H,40,41);6,13,16-21,23H,5,7-12,14-15,22H2,1-4H3;5H,2-4H2,1H3/b16-15-,30-8-;13-6-;/t33-,34-,36-,37?,38-,39+;16-,17-,18-,19?,20-,21+;/m11./s1. The van der Waals surface area contributed by atoms with Gasteiger partial charge in [-0.3, -0.25) is 4.79 Å². The number of ether oxygens (including phenoxy) is 11. The Morgan fingerprint density at radius 2 is 1.05 bits per heavy atom. The van der Waals surface area contributed by atoms with Crippen LogP contribution >= 0.6 is 0 Å². The predicted molar refractivity (Wildman–Crippen MR) is 326 cm³/mol. The summed E-state index contributed by atoms with van der Waals surface area (Å²) in [7, 11) is 6.61. The number of carbonyl (C=O) groups is 1. The van der Waals surface area contributed by atoms with Crippen molar-refractivity contribution in [3.05, 3.63) is 36.8 Å². The summed E-state index contributed by atoms with van der Waals surface area (Å²) in [4.78, 5) is 13.1. The fourth-order valence-corrected chi connectivity index (χ4v) is 10.3. The Labute approximate surface area is 494 Å². The third kappa shape index (κ3) is 37.1. The molecule has 0 saturated carbocycles. The molecule has 478 valence electrons. The van der Waals surface area contributed by atoms with Crippen LogP contribution < -0.4 is 11.1 Å². The van der Waals surface area contributed by atoms with Gasteiger partial charge in [-0.25, -0.2) is 0 Å². The number of rotatable bonds is 46. The number of aliphatic hydroxyl groups is 2. The van der Waals surface area contributed by atoms with Crippen LogP contribution in [0.2, 0.25) is 0 Å². The van der Waals surface area contributed by atoms with E-state index in [0.717, 1.165) is 58.0 Å². The van der Waals surface area contributed by atoms with Crippen LogP contribution in [0, 0.1) is 0 Å². The van der Waals surface area contributed by atoms with E-state index in [0.29, 0.717) is 32.2 Å². The van der Waals surface area contributed by atoms with Gasteiger partial charge in [0, 0.05) is 54.7 Å². The van der Waals surface area contributed by atoms with Crippen LogP contribution in [0.25, 0.3) is 0 Å². The molecule has 13 atom stereocenters. The van der Waals surface area contributed by atoms with Crippen LogP contribution in [-0.2, 0) is 56.9 Å². The van der Waals surface area contributed by atoms with Crippen LogP contribution in [0.4, 0.5) is 0 Å². The van der Waals surface area contributed by atoms with Gasteiger partial charge in [-0.05, 0) is 91.4 Å². The molecule has 0 bridgehead atoms. The molecule has 81 heavy (non-hydrogen) atoms. The highest BCUT2D eigenvalue weighted by Crippen LogP contribution is 2.28. The van der Waals surface area contributed by atoms with E-state index in [9.17, 15) is 15.0 Å². The summed E-state index contributed by atoms with van der Waals surface area (Å²) in [5.74, 6) is -0.0815. The first-order chi connectivity index (χ1) is 39.5. The molecule has 5 N–H and O–H groups in total. The molecular weight excluding hydrogens is 1030 g/mol. The number of carbonyl (C=O) groups excluding carboxylic acids is 1. The van der Waals surface area contributed by atoms with E-state index in [-0.39, 0.29) is 31.3 Å². The summed E-state index contributed by atoms with van der Waals surface area (Å²) in [5.41, 5.74) is 6.25. The van der Waals surface area contributed by atoms with Crippen molar-refractivity contribution in [3.63, 3.8) is 0 Å². The van der Waals surface area contributed by atoms with Gasteiger partial charge in [0.1, 0.15) is 42.7 Å². The summed E-state index contributed by atoms with van der Waals surface area (Å²) in [6, 6.07) is -1.27. The van der Waals surface area contributed by atoms with Crippen molar-refractivity contribution in [2.24, 2.45) is 5.73 Å². The van der Waals surface area contributed by atoms with Gasteiger partial charge >= 0.3 is 0 Å². The molecule has 1 amide bonds. The zero-order chi connectivity index (χ0) is 59.6. The van der Waals surface area contributed by atoms with Crippen molar-refractivity contribution >= 4 is 5.91 Å². The highest BCUT2D eigenvalue weighted by molar-refractivity contribution is 5.76. The number of nitrogens with two attached hydrogens (primary N) is 1. The largest absolute Gasteiger partial charge is 0.471 e. The van der Waals surface area contributed by atoms with Crippen molar-refractivity contribution in [1.29, 1.82) is 0 Å². The lowest BCUT2D eigenvalue weighted by Crippen LogP contribution is -2.65. The molecule has 16 heteroatoms. The zero-order valence-electron chi connectivity index (χ0n) is 53.1. The third-order valence-corrected chi connectivity index (χ3v) is 15.3. The van der Waals surface area contributed by atoms with Crippen molar-refractivity contribution in [2.45, 2.75) is 314 Å². The van der Waals surface area contributed by atoms with Gasteiger partial charge in [-0.15, -0.1) is 0 Å². The molecule has 3 rings (SSSR count). The van der Waals surface area contributed by atoms with Gasteiger partial charge in [-0.1, -0.05) is 161 Å². The maximum atomic E-state index is 13.1. The molecule has 3 aliphatic heterocycles. The van der Waals surface area contributed by atoms with Gasteiger partial charge in [0.25, 0.3) is 0 Å². The summed E-state index contributed by atoms with van der Waals surface area (Å²) < 4.78 is 62.4. The summed E-state index contributed by atoms with van der Waals surface area (Å²) >= 11 is 0. The predicted octanol–water partition coefficient (Wildman–Crippen LogP) is 12.9. The number of allylic oxidation sites excluding steroid dienone is 4. The fraction of sp³-hybridized carbons (Fsp3) is 0.892. The van der Waals surface area contributed by atoms with E-state index in [4.69, 9.17) is 57.8 Å². The van der Waals surface area contributed by atoms with E-state index >= 15 is 0 Å². The van der Waals surface area contributed by atoms with Crippen molar-refractivity contribution < 1.29 is 67.1 Å². The monoisotopic (exact) mass is 1160 g/mol. The van der Waals surface area contributed by atoms with Crippen molar-refractivity contribution in [2.75, 3.05) is 61.5 Å². The number of unbranched alkanes of at least 4 members (excludes halogenated alkanes) is 19. The number of aliphatic hydroxyl groups excluding tert-OH is 2. The molecule has 0 aromatic carbocycles. The van der Waals surface area contributed by atoms with E-state index < -0.39 is 61.3 Å². The summed E-state index contributed by atoms with van der Waals surface area (Å²) in [6.07, 6.45) is 40.7. The molecule has 3 fully saturated rings. The second-order valence-corrected chi connectivity index (χ2v) is 22.4. The molecule has 3 saturated heterocycles. The Morgan fingerprint density at radius 3 is 1.51 bits per heavy atom. The van der Waals surface area contributed by atoms with Crippen molar-refractivity contribution in [3.8, 4) is 0 Å². The lowest BCUT2D eigenvalue weighted by atomic mass is 9.96. The second-order valence-electron chi connectivity index (χ2n) is 22.4. The lowest BCUT2D eigenvalue weighted by molar-refractivity contribution is -0.265. The molecule has 0 aromatic rings. The maximum absolute atomic E-state index is 13.1. The molecular formula is C65H124N2O14. The molecule has 0 aromatic heterocycles. The number of methoxy groups -OCH3 is 4. The zero-order valence-corrected chi connectivity index (χ0v) is 53.1. The Morgan fingerprint density at radius 1 is 0.605 bits per heavy atom. The van der Waals surface area contributed by atoms with Gasteiger partial charge in [0.2, 0.25) is 18.5 Å². The minimum Gasteiger partial charge on any atom is -0.471 e. The van der Waals surface area contributed by atoms with E-state index in [2.05, 4.69) is 45.2 Å². The summed E-state index contributed by atoms with van der Waals surface area (Å²) in [6.45, 7) is 14.8. The van der Waals surface area contributed by atoms with Crippen LogP contribution in [-0.4, -0.2) is 157 Å². The van der Waals surface area contributed by atoms with Gasteiger partial charge in [0.15, 0.2) is 0 Å². The van der Waals surface area contributed by atoms with Gasteiger partial charge < -0.3 is 73.4 Å². The topological polar surface area (TPSA) is 197 Å². The normalized spacial score (nSPS) is 25.6. The second kappa shape index (κ2) is 53.3. The Hall–Kier alpha value is -2.19. The molecule has 0 spiro atoms. The van der Waals surface area contributed by atoms with Crippen LogP contribution in [0.1, 0.15) is 234 Å². The molecule has 3 heterocycles. The fourth-order valence-electron chi connectivity index (χ4n) is 10.3. The quantitative estimate of drug-likeness (QED) is 0.0255. The minimum atomic E-state index is -0.984. The van der Waals surface area contributed by atoms with Crippen LogP contribution in [0.15, 0.2) is 36.8 Å². The van der Waals surface area contributed by atoms with Crippen molar-refractivity contribution in [1.82, 2.24) is 5.32 Å². The average molecular weight is 1160 g/mol. The van der Waals surface area contributed by atoms with E-state index in [1.54, 1.807) is 46.9 Å². The van der Waals surface area contributed by atoms with Crippen LogP contribution in [0.5, 0.6) is 0 Å². The first-order valence-corrected chi connectivity index (χ1v) is 32.3. The first-order valence-electron chi connectivity index (χ1n) is 32.3. The Kier molecular flexibility index (Phi) is 50.5. The number of hydrogen-bond donors (Lipinski definition) is 4. The number of hydrogen-bond acceptors (Lipinski definition) is 15. The minimum absolute atomic E-state index is 0.0815. The number of amides is 1. The Bertz CT molecular complexity index is 1490. The summed E-state index contributed by atoms with van der Waals surface area (Å²) in [5, 5.41) is 25.0. The molecule has 0 radical (unpaired) electrons. The number of nitrogens with one attached hydrogen (secondary N) is 1. The third-order valence-electron chi connectivity index (χ3n) is 15.3. The van der Waals surface area contributed by atoms with E-state index in [1.165, 1.54) is 135 Å². The Balaban J connectivity index is 0.000000806. The van der Waals surface area contributed by atoms with E-state index in [1.807, 2.05) is 13.8 Å². The smallest absolute Gasteiger partial charge is 0.222 e. The highest BCUT2D eigenvalue weighted by Gasteiger charge is 2.48.